The molecular weight excluding hydrogens is 310 g/mol. The van der Waals surface area contributed by atoms with Gasteiger partial charge < -0.3 is 24.7 Å². The van der Waals surface area contributed by atoms with Crippen molar-refractivity contribution in [1.82, 2.24) is 15.2 Å². The number of hydrogen-bond donors (Lipinski definition) is 2. The van der Waals surface area contributed by atoms with E-state index in [0.717, 1.165) is 16.5 Å². The first-order chi connectivity index (χ1) is 11.7. The van der Waals surface area contributed by atoms with Crippen LogP contribution < -0.4 is 5.32 Å². The maximum absolute atomic E-state index is 12.8. The molecule has 0 unspecified atom stereocenters. The molecule has 0 bridgehead atoms. The van der Waals surface area contributed by atoms with Crippen LogP contribution >= 0.6 is 0 Å². The zero-order chi connectivity index (χ0) is 16.9. The summed E-state index contributed by atoms with van der Waals surface area (Å²) < 4.78 is 9.96. The summed E-state index contributed by atoms with van der Waals surface area (Å²) in [6.45, 7) is 2.10. The van der Waals surface area contributed by atoms with Crippen molar-refractivity contribution in [2.45, 2.75) is 12.5 Å². The molecule has 0 spiro atoms. The van der Waals surface area contributed by atoms with Crippen LogP contribution in [0.15, 0.2) is 30.5 Å². The number of nitrogens with zero attached hydrogens (tertiary/aromatic N) is 1. The molecule has 24 heavy (non-hydrogen) atoms. The van der Waals surface area contributed by atoms with Gasteiger partial charge in [-0.15, -0.1) is 0 Å². The van der Waals surface area contributed by atoms with E-state index in [1.54, 1.807) is 4.90 Å². The summed E-state index contributed by atoms with van der Waals surface area (Å²) in [4.78, 5) is 29.4. The van der Waals surface area contributed by atoms with Gasteiger partial charge in [0.25, 0.3) is 0 Å². The number of rotatable bonds is 4. The first-order valence-corrected chi connectivity index (χ1v) is 7.95. The lowest BCUT2D eigenvalue weighted by Crippen LogP contribution is -2.52. The maximum Gasteiger partial charge on any atom is 0.407 e. The molecule has 7 nitrogen and oxygen atoms in total. The van der Waals surface area contributed by atoms with Crippen molar-refractivity contribution in [1.29, 1.82) is 0 Å². The molecule has 2 heterocycles. The molecule has 1 aliphatic heterocycles. The van der Waals surface area contributed by atoms with Crippen LogP contribution in [0.2, 0.25) is 0 Å². The Kier molecular flexibility index (Phi) is 5.00. The minimum absolute atomic E-state index is 0.117. The number of morpholine rings is 1. The molecule has 1 saturated heterocycles. The fourth-order valence-electron chi connectivity index (χ4n) is 2.93. The molecule has 1 aliphatic rings. The van der Waals surface area contributed by atoms with Crippen LogP contribution in [0.4, 0.5) is 4.79 Å². The van der Waals surface area contributed by atoms with E-state index in [1.807, 2.05) is 30.5 Å². The Morgan fingerprint density at radius 1 is 1.33 bits per heavy atom. The molecule has 1 fully saturated rings. The number of benzene rings is 1. The van der Waals surface area contributed by atoms with Crippen LogP contribution in [0.25, 0.3) is 10.9 Å². The Morgan fingerprint density at radius 3 is 2.83 bits per heavy atom. The molecule has 1 aromatic heterocycles. The van der Waals surface area contributed by atoms with Crippen LogP contribution in [0.1, 0.15) is 5.56 Å². The molecule has 3 rings (SSSR count). The smallest absolute Gasteiger partial charge is 0.407 e. The summed E-state index contributed by atoms with van der Waals surface area (Å²) in [6.07, 6.45) is 1.67. The number of aromatic nitrogens is 1. The quantitative estimate of drug-likeness (QED) is 0.884. The van der Waals surface area contributed by atoms with Crippen LogP contribution in [0.5, 0.6) is 0 Å². The van der Waals surface area contributed by atoms with E-state index in [2.05, 4.69) is 15.0 Å². The van der Waals surface area contributed by atoms with Crippen molar-refractivity contribution < 1.29 is 19.1 Å². The fraction of sp³-hybridized carbons (Fsp3) is 0.412. The molecule has 2 aromatic rings. The van der Waals surface area contributed by atoms with Crippen LogP contribution in [-0.4, -0.2) is 61.3 Å². The normalized spacial score (nSPS) is 16.0. The molecule has 1 aromatic carbocycles. The summed E-state index contributed by atoms with van der Waals surface area (Å²) >= 11 is 0. The Balaban J connectivity index is 1.81. The second kappa shape index (κ2) is 7.35. The standard InChI is InChI=1S/C17H21N3O4/c1-23-17(22)19-15(16(21)20-6-8-24-9-7-20)10-12-11-18-14-5-3-2-4-13(12)14/h2-5,11,15,18H,6-10H2,1H3,(H,19,22)/t15-/m0/s1. The highest BCUT2D eigenvalue weighted by Gasteiger charge is 2.28. The number of para-hydroxylation sites is 1. The predicted molar refractivity (Wildman–Crippen MR) is 88.7 cm³/mol. The number of aromatic amines is 1. The van der Waals surface area contributed by atoms with Crippen molar-refractivity contribution >= 4 is 22.9 Å². The molecular formula is C17H21N3O4. The summed E-state index contributed by atoms with van der Waals surface area (Å²) in [7, 11) is 1.29. The topological polar surface area (TPSA) is 83.7 Å². The minimum Gasteiger partial charge on any atom is -0.453 e. The third-order valence-electron chi connectivity index (χ3n) is 4.20. The van der Waals surface area contributed by atoms with Gasteiger partial charge in [0.05, 0.1) is 20.3 Å². The molecule has 128 valence electrons. The number of ether oxygens (including phenoxy) is 2. The van der Waals surface area contributed by atoms with E-state index in [-0.39, 0.29) is 5.91 Å². The van der Waals surface area contributed by atoms with Crippen LogP contribution in [0.3, 0.4) is 0 Å². The van der Waals surface area contributed by atoms with E-state index >= 15 is 0 Å². The first-order valence-electron chi connectivity index (χ1n) is 7.95. The number of hydrogen-bond acceptors (Lipinski definition) is 4. The number of fused-ring (bicyclic) bond motifs is 1. The van der Waals surface area contributed by atoms with E-state index in [1.165, 1.54) is 7.11 Å². The van der Waals surface area contributed by atoms with E-state index < -0.39 is 12.1 Å². The van der Waals surface area contributed by atoms with Crippen molar-refractivity contribution in [2.24, 2.45) is 0 Å². The van der Waals surface area contributed by atoms with Gasteiger partial charge in [-0.3, -0.25) is 4.79 Å². The Hall–Kier alpha value is -2.54. The number of H-pyrrole nitrogens is 1. The Morgan fingerprint density at radius 2 is 2.08 bits per heavy atom. The highest BCUT2D eigenvalue weighted by atomic mass is 16.5. The zero-order valence-electron chi connectivity index (χ0n) is 13.6. The van der Waals surface area contributed by atoms with Gasteiger partial charge in [0, 0.05) is 36.6 Å². The van der Waals surface area contributed by atoms with Gasteiger partial charge >= 0.3 is 6.09 Å². The van der Waals surface area contributed by atoms with E-state index in [9.17, 15) is 9.59 Å². The third kappa shape index (κ3) is 3.51. The van der Waals surface area contributed by atoms with Gasteiger partial charge in [-0.25, -0.2) is 4.79 Å². The maximum atomic E-state index is 12.8. The van der Waals surface area contributed by atoms with Crippen molar-refractivity contribution in [3.05, 3.63) is 36.0 Å². The number of carbonyl (C=O) groups excluding carboxylic acids is 2. The monoisotopic (exact) mass is 331 g/mol. The summed E-state index contributed by atoms with van der Waals surface area (Å²) in [5.41, 5.74) is 1.98. The molecule has 0 radical (unpaired) electrons. The molecule has 2 N–H and O–H groups in total. The van der Waals surface area contributed by atoms with Crippen molar-refractivity contribution in [3.8, 4) is 0 Å². The highest BCUT2D eigenvalue weighted by Crippen LogP contribution is 2.20. The Labute approximate surface area is 139 Å². The van der Waals surface area contributed by atoms with E-state index in [0.29, 0.717) is 32.7 Å². The lowest BCUT2D eigenvalue weighted by Gasteiger charge is -2.30. The summed E-state index contributed by atoms with van der Waals surface area (Å²) in [6, 6.07) is 7.20. The number of methoxy groups -OCH3 is 1. The van der Waals surface area contributed by atoms with Crippen LogP contribution in [0, 0.1) is 0 Å². The zero-order valence-corrected chi connectivity index (χ0v) is 13.6. The number of alkyl carbamates (subject to hydrolysis) is 1. The van der Waals surface area contributed by atoms with Gasteiger partial charge in [-0.05, 0) is 11.6 Å². The summed E-state index contributed by atoms with van der Waals surface area (Å²) in [5.74, 6) is -0.117. The highest BCUT2D eigenvalue weighted by molar-refractivity contribution is 5.88. The average Bonchev–Trinajstić information content (AvgIpc) is 3.04. The van der Waals surface area contributed by atoms with Crippen molar-refractivity contribution in [2.75, 3.05) is 33.4 Å². The number of amides is 2. The molecule has 0 saturated carbocycles. The predicted octanol–water partition coefficient (Wildman–Crippen LogP) is 1.29. The second-order valence-electron chi connectivity index (χ2n) is 5.69. The van der Waals surface area contributed by atoms with Gasteiger partial charge in [0.15, 0.2) is 0 Å². The average molecular weight is 331 g/mol. The second-order valence-corrected chi connectivity index (χ2v) is 5.69. The van der Waals surface area contributed by atoms with E-state index in [4.69, 9.17) is 4.74 Å². The lowest BCUT2D eigenvalue weighted by atomic mass is 10.0. The first kappa shape index (κ1) is 16.3. The molecule has 1 atom stereocenters. The SMILES string of the molecule is COC(=O)N[C@@H](Cc1c[nH]c2ccccc12)C(=O)N1CCOCC1. The van der Waals surface area contributed by atoms with Gasteiger partial charge in [0.2, 0.25) is 5.91 Å². The van der Waals surface area contributed by atoms with Crippen molar-refractivity contribution in [3.63, 3.8) is 0 Å². The summed E-state index contributed by atoms with van der Waals surface area (Å²) in [5, 5.41) is 3.70. The van der Waals surface area contributed by atoms with Gasteiger partial charge in [0.1, 0.15) is 6.04 Å². The lowest BCUT2D eigenvalue weighted by molar-refractivity contribution is -0.137. The van der Waals surface area contributed by atoms with Crippen LogP contribution in [-0.2, 0) is 20.7 Å². The Bertz CT molecular complexity index is 721. The van der Waals surface area contributed by atoms with Gasteiger partial charge in [-0.1, -0.05) is 18.2 Å². The number of nitrogens with one attached hydrogen (secondary N) is 2. The minimum atomic E-state index is -0.672. The van der Waals surface area contributed by atoms with Gasteiger partial charge in [-0.2, -0.15) is 0 Å². The molecule has 7 heteroatoms. The number of carbonyl (C=O) groups is 2. The molecule has 0 aliphatic carbocycles. The molecule has 2 amide bonds. The fourth-order valence-corrected chi connectivity index (χ4v) is 2.93. The largest absolute Gasteiger partial charge is 0.453 e. The third-order valence-corrected chi connectivity index (χ3v) is 4.20.